The quantitative estimate of drug-likeness (QED) is 0.302. The Bertz CT molecular complexity index is 2030. The number of fused-ring (bicyclic) bond motifs is 5. The lowest BCUT2D eigenvalue weighted by atomic mass is 9.88. The highest BCUT2D eigenvalue weighted by molar-refractivity contribution is 7.91. The van der Waals surface area contributed by atoms with Crippen LogP contribution in [0.2, 0.25) is 0 Å². The third kappa shape index (κ3) is 8.51. The maximum atomic E-state index is 14.9. The second-order valence-electron chi connectivity index (χ2n) is 16.7. The molecule has 2 aliphatic carbocycles. The molecule has 1 aromatic heterocycles. The zero-order valence-corrected chi connectivity index (χ0v) is 34.2. The van der Waals surface area contributed by atoms with Crippen molar-refractivity contribution in [2.45, 2.75) is 127 Å². The van der Waals surface area contributed by atoms with Gasteiger partial charge in [0.05, 0.1) is 11.8 Å². The summed E-state index contributed by atoms with van der Waals surface area (Å²) in [7, 11) is -3.91. The summed E-state index contributed by atoms with van der Waals surface area (Å²) in [5, 5.41) is 6.54. The normalized spacial score (nSPS) is 29.2. The summed E-state index contributed by atoms with van der Waals surface area (Å²) in [6.07, 6.45) is 8.34. The van der Waals surface area contributed by atoms with Gasteiger partial charge in [-0.2, -0.15) is 0 Å². The van der Waals surface area contributed by atoms with E-state index in [1.54, 1.807) is 18.3 Å². The smallest absolute Gasteiger partial charge is 0.408 e. The van der Waals surface area contributed by atoms with Gasteiger partial charge in [0.2, 0.25) is 27.7 Å². The molecule has 5 aliphatic rings. The molecular formula is C41H55N5O10S. The number of sulfonamides is 1. The molecule has 0 radical (unpaired) electrons. The Labute approximate surface area is 334 Å². The number of hydrogen-bond donors (Lipinski definition) is 3. The third-order valence-corrected chi connectivity index (χ3v) is 14.2. The number of rotatable bonds is 9. The van der Waals surface area contributed by atoms with E-state index in [4.69, 9.17) is 18.9 Å². The van der Waals surface area contributed by atoms with Crippen LogP contribution in [0.1, 0.15) is 92.4 Å². The van der Waals surface area contributed by atoms with Gasteiger partial charge in [-0.05, 0) is 88.3 Å². The number of nitrogens with zero attached hydrogens (tertiary/aromatic N) is 2. The van der Waals surface area contributed by atoms with E-state index in [1.807, 2.05) is 45.9 Å². The summed E-state index contributed by atoms with van der Waals surface area (Å²) in [5.41, 5.74) is -2.26. The molecule has 4 heterocycles. The van der Waals surface area contributed by atoms with Crippen LogP contribution >= 0.6 is 0 Å². The van der Waals surface area contributed by atoms with Gasteiger partial charge in [0, 0.05) is 29.3 Å². The molecule has 3 fully saturated rings. The van der Waals surface area contributed by atoms with E-state index in [9.17, 15) is 27.6 Å². The average Bonchev–Trinajstić information content (AvgIpc) is 4.12. The Hall–Kier alpha value is -4.60. The van der Waals surface area contributed by atoms with Crippen LogP contribution in [0.3, 0.4) is 0 Å². The first-order valence-corrected chi connectivity index (χ1v) is 21.9. The lowest BCUT2D eigenvalue weighted by Gasteiger charge is -2.34. The highest BCUT2D eigenvalue weighted by atomic mass is 32.2. The van der Waals surface area contributed by atoms with Crippen molar-refractivity contribution in [2.24, 2.45) is 17.8 Å². The second kappa shape index (κ2) is 16.0. The lowest BCUT2D eigenvalue weighted by molar-refractivity contribution is -0.142. The zero-order chi connectivity index (χ0) is 40.7. The second-order valence-corrected chi connectivity index (χ2v) is 18.7. The van der Waals surface area contributed by atoms with E-state index < -0.39 is 74.3 Å². The number of benzene rings is 1. The van der Waals surface area contributed by atoms with E-state index in [2.05, 4.69) is 27.3 Å². The van der Waals surface area contributed by atoms with Gasteiger partial charge in [0.25, 0.3) is 5.91 Å². The molecule has 1 aromatic carbocycles. The fraction of sp³-hybridized carbons (Fsp3) is 0.634. The number of nitrogens with one attached hydrogen (secondary N) is 3. The molecule has 16 heteroatoms. The minimum absolute atomic E-state index is 0.0322. The molecule has 2 aromatic rings. The van der Waals surface area contributed by atoms with Gasteiger partial charge < -0.3 is 34.5 Å². The molecule has 3 N–H and O–H groups in total. The van der Waals surface area contributed by atoms with Crippen LogP contribution in [0.5, 0.6) is 17.4 Å². The summed E-state index contributed by atoms with van der Waals surface area (Å²) in [4.78, 5) is 62.8. The van der Waals surface area contributed by atoms with Gasteiger partial charge >= 0.3 is 6.09 Å². The lowest BCUT2D eigenvalue weighted by Crippen LogP contribution is -2.59. The molecule has 2 saturated carbocycles. The van der Waals surface area contributed by atoms with Crippen LogP contribution in [-0.4, -0.2) is 96.5 Å². The first-order valence-electron chi connectivity index (χ1n) is 20.4. The minimum atomic E-state index is -3.91. The van der Waals surface area contributed by atoms with Crippen molar-refractivity contribution in [2.75, 3.05) is 19.8 Å². The van der Waals surface area contributed by atoms with Crippen LogP contribution < -0.4 is 29.6 Å². The van der Waals surface area contributed by atoms with E-state index in [-0.39, 0.29) is 37.1 Å². The molecule has 1 saturated heterocycles. The maximum Gasteiger partial charge on any atom is 0.408 e. The van der Waals surface area contributed by atoms with Gasteiger partial charge in [-0.1, -0.05) is 39.8 Å². The number of carbonyl (C=O) groups excluding carboxylic acids is 4. The summed E-state index contributed by atoms with van der Waals surface area (Å²) < 4.78 is 52.2. The molecule has 0 spiro atoms. The summed E-state index contributed by atoms with van der Waals surface area (Å²) >= 11 is 0. The van der Waals surface area contributed by atoms with Crippen LogP contribution in [0.25, 0.3) is 10.8 Å². The molecule has 15 nitrogen and oxygen atoms in total. The van der Waals surface area contributed by atoms with E-state index in [0.717, 1.165) is 11.8 Å². The van der Waals surface area contributed by atoms with Crippen molar-refractivity contribution >= 4 is 44.6 Å². The number of ether oxygens (including phenoxy) is 4. The van der Waals surface area contributed by atoms with Gasteiger partial charge in [-0.15, -0.1) is 0 Å². The number of hydrogen-bond acceptors (Lipinski definition) is 11. The fourth-order valence-corrected chi connectivity index (χ4v) is 9.63. The highest BCUT2D eigenvalue weighted by Gasteiger charge is 2.62. The van der Waals surface area contributed by atoms with Crippen molar-refractivity contribution < 1.29 is 46.5 Å². The Morgan fingerprint density at radius 1 is 1.05 bits per heavy atom. The Morgan fingerprint density at radius 2 is 1.81 bits per heavy atom. The summed E-state index contributed by atoms with van der Waals surface area (Å²) in [5.74, 6) is -1.10. The largest absolute Gasteiger partial charge is 0.486 e. The fourth-order valence-electron chi connectivity index (χ4n) is 8.26. The molecule has 0 bridgehead atoms. The zero-order valence-electron chi connectivity index (χ0n) is 33.4. The van der Waals surface area contributed by atoms with E-state index >= 15 is 0 Å². The van der Waals surface area contributed by atoms with Crippen LogP contribution in [-0.2, 0) is 29.1 Å². The molecule has 310 valence electrons. The maximum absolute atomic E-state index is 14.9. The van der Waals surface area contributed by atoms with Crippen molar-refractivity contribution in [3.8, 4) is 17.4 Å². The SMILES string of the molecule is CCC(C)(CC)OC(=O)N[C@@H]1C(=O)N2C[C@H](Oc3nccc4c5c(ccc34)OCCO5)C[C@H]2C(=O)N[C@]2(C(=O)NS(=O)(=O)C3CC3)C[C@H]2C=CCC[C@H](C)C[C@H]1C. The number of amides is 4. The molecule has 7 rings (SSSR count). The highest BCUT2D eigenvalue weighted by Crippen LogP contribution is 2.46. The standard InChI is InChI=1S/C41H55N5O10S/c1-6-40(5,7-2)56-39(50)43-33-25(4)20-24(3)10-8-9-11-26-22-41(26,38(49)45-57(51,52)28-12-13-28)44-35(47)31-21-27(23-46(31)37(33)48)55-36-30-14-15-32-34(54-19-18-53-32)29(30)16-17-42-36/h9,11,14-17,24-28,31,33H,6-8,10,12-13,18-23H2,1-5H3,(H,43,50)(H,44,47)(H,45,49)/t24-,25+,26+,27+,31-,33-,41+/m0/s1. The topological polar surface area (TPSA) is 192 Å². The predicted octanol–water partition coefficient (Wildman–Crippen LogP) is 4.52. The first-order chi connectivity index (χ1) is 27.2. The summed E-state index contributed by atoms with van der Waals surface area (Å²) in [6, 6.07) is 3.23. The Morgan fingerprint density at radius 3 is 2.54 bits per heavy atom. The monoisotopic (exact) mass is 809 g/mol. The van der Waals surface area contributed by atoms with Crippen LogP contribution in [0, 0.1) is 17.8 Å². The van der Waals surface area contributed by atoms with Gasteiger partial charge in [0.1, 0.15) is 42.5 Å². The van der Waals surface area contributed by atoms with E-state index in [1.165, 1.54) is 4.90 Å². The minimum Gasteiger partial charge on any atom is -0.486 e. The number of alkyl carbamates (subject to hydrolysis) is 1. The van der Waals surface area contributed by atoms with Gasteiger partial charge in [-0.3, -0.25) is 19.1 Å². The van der Waals surface area contributed by atoms with Gasteiger partial charge in [-0.25, -0.2) is 18.2 Å². The summed E-state index contributed by atoms with van der Waals surface area (Å²) in [6.45, 7) is 10.5. The van der Waals surface area contributed by atoms with Gasteiger partial charge in [0.15, 0.2) is 11.5 Å². The number of allylic oxidation sites excluding steroid dienone is 1. The average molecular weight is 810 g/mol. The molecule has 7 atom stereocenters. The van der Waals surface area contributed by atoms with Crippen LogP contribution in [0.15, 0.2) is 36.5 Å². The molecule has 57 heavy (non-hydrogen) atoms. The Kier molecular flexibility index (Phi) is 11.4. The number of carbonyl (C=O) groups is 4. The molecule has 0 unspecified atom stereocenters. The number of pyridine rings is 1. The molecule has 4 amide bonds. The Balaban J connectivity index is 1.22. The van der Waals surface area contributed by atoms with Crippen LogP contribution in [0.4, 0.5) is 4.79 Å². The molecular weight excluding hydrogens is 755 g/mol. The van der Waals surface area contributed by atoms with Crippen molar-refractivity contribution in [1.29, 1.82) is 0 Å². The predicted molar refractivity (Wildman–Crippen MR) is 210 cm³/mol. The first kappa shape index (κ1) is 40.6. The van der Waals surface area contributed by atoms with Crippen molar-refractivity contribution in [3.05, 3.63) is 36.5 Å². The molecule has 3 aliphatic heterocycles. The van der Waals surface area contributed by atoms with E-state index in [0.29, 0.717) is 68.6 Å². The number of aromatic nitrogens is 1. The third-order valence-electron chi connectivity index (χ3n) is 12.4. The van der Waals surface area contributed by atoms with Crippen molar-refractivity contribution in [1.82, 2.24) is 25.2 Å². The van der Waals surface area contributed by atoms with Crippen molar-refractivity contribution in [3.63, 3.8) is 0 Å².